The van der Waals surface area contributed by atoms with E-state index in [1.54, 1.807) is 13.0 Å². The van der Waals surface area contributed by atoms with Gasteiger partial charge in [-0.15, -0.1) is 0 Å². The van der Waals surface area contributed by atoms with E-state index in [1.807, 2.05) is 42.5 Å². The van der Waals surface area contributed by atoms with E-state index in [0.29, 0.717) is 36.5 Å². The number of rotatable bonds is 15. The zero-order chi connectivity index (χ0) is 22.3. The summed E-state index contributed by atoms with van der Waals surface area (Å²) in [5, 5.41) is 0. The van der Waals surface area contributed by atoms with E-state index >= 15 is 0 Å². The number of Topliss-reactive ketones (excluding diaryl/α,β-unsaturated/α-hetero) is 1. The van der Waals surface area contributed by atoms with Gasteiger partial charge in [0, 0.05) is 12.0 Å². The highest BCUT2D eigenvalue weighted by Gasteiger charge is 2.16. The average Bonchev–Trinajstić information content (AvgIpc) is 2.78. The standard InChI is InChI=1S/C27H36O4/c1-3-5-6-7-8-9-13-16-26(28)25-20-24(31-21-22-14-11-10-12-15-22)18-17-23(25)19-27(29)30-4-2/h10-12,14-15,17-18,20H,3-9,13,16,19,21H2,1-2H3. The van der Waals surface area contributed by atoms with E-state index in [4.69, 9.17) is 9.47 Å². The summed E-state index contributed by atoms with van der Waals surface area (Å²) in [6.07, 6.45) is 8.73. The monoisotopic (exact) mass is 424 g/mol. The predicted octanol–water partition coefficient (Wildman–Crippen LogP) is 6.69. The van der Waals surface area contributed by atoms with Gasteiger partial charge in [-0.1, -0.05) is 81.8 Å². The minimum Gasteiger partial charge on any atom is -0.489 e. The molecule has 2 rings (SSSR count). The van der Waals surface area contributed by atoms with Crippen molar-refractivity contribution in [1.29, 1.82) is 0 Å². The first-order valence-corrected chi connectivity index (χ1v) is 11.6. The second kappa shape index (κ2) is 14.4. The molecule has 2 aromatic rings. The fourth-order valence-corrected chi connectivity index (χ4v) is 3.54. The van der Waals surface area contributed by atoms with E-state index in [0.717, 1.165) is 18.4 Å². The van der Waals surface area contributed by atoms with Crippen LogP contribution in [0.4, 0.5) is 0 Å². The van der Waals surface area contributed by atoms with Crippen LogP contribution in [0, 0.1) is 0 Å². The summed E-state index contributed by atoms with van der Waals surface area (Å²) in [6.45, 7) is 4.76. The van der Waals surface area contributed by atoms with Crippen LogP contribution in [0.1, 0.15) is 86.7 Å². The third-order valence-corrected chi connectivity index (χ3v) is 5.28. The summed E-state index contributed by atoms with van der Waals surface area (Å²) in [5.41, 5.74) is 2.34. The molecule has 0 saturated heterocycles. The molecule has 0 saturated carbocycles. The summed E-state index contributed by atoms with van der Waals surface area (Å²) in [7, 11) is 0. The number of esters is 1. The maximum Gasteiger partial charge on any atom is 0.310 e. The van der Waals surface area contributed by atoms with Crippen LogP contribution in [0.3, 0.4) is 0 Å². The van der Waals surface area contributed by atoms with Crippen LogP contribution in [-0.2, 0) is 22.6 Å². The molecule has 4 nitrogen and oxygen atoms in total. The van der Waals surface area contributed by atoms with E-state index in [1.165, 1.54) is 32.1 Å². The SMILES string of the molecule is CCCCCCCCCC(=O)c1cc(OCc2ccccc2)ccc1CC(=O)OCC. The van der Waals surface area contributed by atoms with Crippen molar-refractivity contribution in [3.63, 3.8) is 0 Å². The Kier molecular flexibility index (Phi) is 11.4. The third kappa shape index (κ3) is 9.37. The van der Waals surface area contributed by atoms with Gasteiger partial charge in [0.2, 0.25) is 0 Å². The molecule has 0 amide bonds. The molecule has 0 fully saturated rings. The number of unbranched alkanes of at least 4 members (excludes halogenated alkanes) is 6. The first kappa shape index (κ1) is 24.6. The lowest BCUT2D eigenvalue weighted by atomic mass is 9.97. The van der Waals surface area contributed by atoms with Crippen LogP contribution in [0.5, 0.6) is 5.75 Å². The van der Waals surface area contributed by atoms with Crippen molar-refractivity contribution < 1.29 is 19.1 Å². The molecule has 4 heteroatoms. The van der Waals surface area contributed by atoms with E-state index in [9.17, 15) is 9.59 Å². The maximum absolute atomic E-state index is 13.0. The van der Waals surface area contributed by atoms with Crippen LogP contribution >= 0.6 is 0 Å². The zero-order valence-electron chi connectivity index (χ0n) is 19.0. The van der Waals surface area contributed by atoms with Gasteiger partial charge in [0.15, 0.2) is 5.78 Å². The molecule has 0 radical (unpaired) electrons. The zero-order valence-corrected chi connectivity index (χ0v) is 19.0. The molecular weight excluding hydrogens is 388 g/mol. The van der Waals surface area contributed by atoms with E-state index < -0.39 is 0 Å². The van der Waals surface area contributed by atoms with Gasteiger partial charge >= 0.3 is 5.97 Å². The number of benzene rings is 2. The molecule has 0 spiro atoms. The van der Waals surface area contributed by atoms with Crippen molar-refractivity contribution in [3.8, 4) is 5.75 Å². The molecule has 0 atom stereocenters. The van der Waals surface area contributed by atoms with Gasteiger partial charge in [-0.05, 0) is 36.6 Å². The molecular formula is C27H36O4. The second-order valence-corrected chi connectivity index (χ2v) is 7.87. The van der Waals surface area contributed by atoms with Gasteiger partial charge in [0.05, 0.1) is 13.0 Å². The summed E-state index contributed by atoms with van der Waals surface area (Å²) >= 11 is 0. The quantitative estimate of drug-likeness (QED) is 0.181. The van der Waals surface area contributed by atoms with Crippen LogP contribution in [-0.4, -0.2) is 18.4 Å². The van der Waals surface area contributed by atoms with E-state index in [-0.39, 0.29) is 18.2 Å². The Hall–Kier alpha value is -2.62. The number of hydrogen-bond donors (Lipinski definition) is 0. The lowest BCUT2D eigenvalue weighted by molar-refractivity contribution is -0.142. The normalized spacial score (nSPS) is 10.6. The molecule has 0 aliphatic carbocycles. The first-order valence-electron chi connectivity index (χ1n) is 11.6. The Morgan fingerprint density at radius 3 is 2.26 bits per heavy atom. The molecule has 31 heavy (non-hydrogen) atoms. The van der Waals surface area contributed by atoms with Crippen molar-refractivity contribution in [1.82, 2.24) is 0 Å². The minimum atomic E-state index is -0.314. The number of carbonyl (C=O) groups excluding carboxylic acids is 2. The minimum absolute atomic E-state index is 0.0676. The molecule has 0 aromatic heterocycles. The van der Waals surface area contributed by atoms with Crippen LogP contribution in [0.15, 0.2) is 48.5 Å². The highest BCUT2D eigenvalue weighted by atomic mass is 16.5. The summed E-state index contributed by atoms with van der Waals surface area (Å²) in [6, 6.07) is 15.3. The predicted molar refractivity (Wildman–Crippen MR) is 124 cm³/mol. The number of hydrogen-bond acceptors (Lipinski definition) is 4. The second-order valence-electron chi connectivity index (χ2n) is 7.87. The molecule has 168 valence electrons. The van der Waals surface area contributed by atoms with Gasteiger partial charge in [-0.25, -0.2) is 0 Å². The fraction of sp³-hybridized carbons (Fsp3) is 0.481. The van der Waals surface area contributed by atoms with Crippen molar-refractivity contribution in [3.05, 3.63) is 65.2 Å². The highest BCUT2D eigenvalue weighted by Crippen LogP contribution is 2.23. The van der Waals surface area contributed by atoms with E-state index in [2.05, 4.69) is 6.92 Å². The Morgan fingerprint density at radius 1 is 0.839 bits per heavy atom. The average molecular weight is 425 g/mol. The fourth-order valence-electron chi connectivity index (χ4n) is 3.54. The van der Waals surface area contributed by atoms with Crippen LogP contribution < -0.4 is 4.74 Å². The topological polar surface area (TPSA) is 52.6 Å². The summed E-state index contributed by atoms with van der Waals surface area (Å²) in [5.74, 6) is 0.392. The van der Waals surface area contributed by atoms with Gasteiger partial charge in [0.25, 0.3) is 0 Å². The molecule has 0 unspecified atom stereocenters. The van der Waals surface area contributed by atoms with Crippen LogP contribution in [0.2, 0.25) is 0 Å². The Labute approximate surface area is 187 Å². The van der Waals surface area contributed by atoms with Crippen molar-refractivity contribution in [2.75, 3.05) is 6.61 Å². The van der Waals surface area contributed by atoms with Gasteiger partial charge < -0.3 is 9.47 Å². The number of ketones is 1. The van der Waals surface area contributed by atoms with Gasteiger partial charge in [0.1, 0.15) is 12.4 Å². The molecule has 2 aromatic carbocycles. The van der Waals surface area contributed by atoms with Crippen molar-refractivity contribution in [2.45, 2.75) is 78.2 Å². The Bertz CT molecular complexity index is 798. The Morgan fingerprint density at radius 2 is 1.55 bits per heavy atom. The Balaban J connectivity index is 2.00. The molecule has 0 bridgehead atoms. The first-order chi connectivity index (χ1) is 15.1. The van der Waals surface area contributed by atoms with Crippen molar-refractivity contribution in [2.24, 2.45) is 0 Å². The third-order valence-electron chi connectivity index (χ3n) is 5.28. The van der Waals surface area contributed by atoms with Gasteiger partial charge in [-0.2, -0.15) is 0 Å². The number of ether oxygens (including phenoxy) is 2. The summed E-state index contributed by atoms with van der Waals surface area (Å²) in [4.78, 5) is 25.0. The van der Waals surface area contributed by atoms with Crippen molar-refractivity contribution >= 4 is 11.8 Å². The lowest BCUT2D eigenvalue weighted by Crippen LogP contribution is -2.12. The maximum atomic E-state index is 13.0. The van der Waals surface area contributed by atoms with Gasteiger partial charge in [-0.3, -0.25) is 9.59 Å². The molecule has 0 N–H and O–H groups in total. The lowest BCUT2D eigenvalue weighted by Gasteiger charge is -2.12. The molecule has 0 heterocycles. The molecule has 0 aliphatic heterocycles. The highest BCUT2D eigenvalue weighted by molar-refractivity contribution is 5.98. The molecule has 0 aliphatic rings. The van der Waals surface area contributed by atoms with Crippen LogP contribution in [0.25, 0.3) is 0 Å². The largest absolute Gasteiger partial charge is 0.489 e. The summed E-state index contributed by atoms with van der Waals surface area (Å²) < 4.78 is 11.0. The smallest absolute Gasteiger partial charge is 0.310 e. The number of carbonyl (C=O) groups is 2.